The van der Waals surface area contributed by atoms with E-state index in [-0.39, 0.29) is 5.82 Å². The van der Waals surface area contributed by atoms with Gasteiger partial charge in [-0.05, 0) is 30.7 Å². The van der Waals surface area contributed by atoms with Gasteiger partial charge in [-0.1, -0.05) is 30.3 Å². The van der Waals surface area contributed by atoms with Crippen molar-refractivity contribution in [3.8, 4) is 5.75 Å². The SMILES string of the molecule is CCNC(=NCc1cccc(OCCCOC)c1)NCc1ccccc1F. The summed E-state index contributed by atoms with van der Waals surface area (Å²) in [5.74, 6) is 1.24. The van der Waals surface area contributed by atoms with Crippen LogP contribution in [0.15, 0.2) is 53.5 Å². The van der Waals surface area contributed by atoms with E-state index in [0.717, 1.165) is 24.3 Å². The summed E-state index contributed by atoms with van der Waals surface area (Å²) in [5, 5.41) is 6.34. The zero-order valence-corrected chi connectivity index (χ0v) is 16.0. The minimum absolute atomic E-state index is 0.223. The van der Waals surface area contributed by atoms with Gasteiger partial charge in [-0.25, -0.2) is 9.38 Å². The number of rotatable bonds is 10. The number of aliphatic imine (C=N–C) groups is 1. The van der Waals surface area contributed by atoms with Gasteiger partial charge in [0.05, 0.1) is 13.2 Å². The number of hydrogen-bond donors (Lipinski definition) is 2. The maximum atomic E-state index is 13.7. The van der Waals surface area contributed by atoms with E-state index in [2.05, 4.69) is 15.6 Å². The maximum absolute atomic E-state index is 13.7. The topological polar surface area (TPSA) is 54.9 Å². The average molecular weight is 373 g/mol. The van der Waals surface area contributed by atoms with Gasteiger partial charge in [-0.3, -0.25) is 0 Å². The summed E-state index contributed by atoms with van der Waals surface area (Å²) in [5.41, 5.74) is 1.65. The second-order valence-electron chi connectivity index (χ2n) is 5.98. The van der Waals surface area contributed by atoms with Gasteiger partial charge in [-0.2, -0.15) is 0 Å². The molecule has 6 heteroatoms. The average Bonchev–Trinajstić information content (AvgIpc) is 2.69. The molecule has 0 spiro atoms. The van der Waals surface area contributed by atoms with Crippen molar-refractivity contribution >= 4 is 5.96 Å². The molecule has 27 heavy (non-hydrogen) atoms. The fourth-order valence-corrected chi connectivity index (χ4v) is 2.46. The van der Waals surface area contributed by atoms with Gasteiger partial charge in [0.15, 0.2) is 5.96 Å². The second kappa shape index (κ2) is 11.9. The van der Waals surface area contributed by atoms with Crippen molar-refractivity contribution in [2.75, 3.05) is 26.9 Å². The fourth-order valence-electron chi connectivity index (χ4n) is 2.46. The minimum atomic E-state index is -0.223. The molecule has 2 aromatic rings. The molecule has 5 nitrogen and oxygen atoms in total. The first-order chi connectivity index (χ1) is 13.2. The number of nitrogens with one attached hydrogen (secondary N) is 2. The molecule has 0 atom stereocenters. The molecule has 2 N–H and O–H groups in total. The molecule has 2 rings (SSSR count). The zero-order valence-electron chi connectivity index (χ0n) is 16.0. The van der Waals surface area contributed by atoms with E-state index >= 15 is 0 Å². The maximum Gasteiger partial charge on any atom is 0.191 e. The second-order valence-corrected chi connectivity index (χ2v) is 5.98. The molecule has 0 fully saturated rings. The third-order valence-corrected chi connectivity index (χ3v) is 3.83. The quantitative estimate of drug-likeness (QED) is 0.380. The number of halogens is 1. The van der Waals surface area contributed by atoms with Crippen LogP contribution in [0.25, 0.3) is 0 Å². The van der Waals surface area contributed by atoms with E-state index in [1.54, 1.807) is 19.2 Å². The summed E-state index contributed by atoms with van der Waals surface area (Å²) in [6.07, 6.45) is 0.851. The van der Waals surface area contributed by atoms with E-state index in [0.29, 0.717) is 37.8 Å². The molecule has 2 aromatic carbocycles. The molecule has 0 heterocycles. The fraction of sp³-hybridized carbons (Fsp3) is 0.381. The standard InChI is InChI=1S/C21H28FN3O2/c1-3-23-21(25-16-18-9-4-5-11-20(18)22)24-15-17-8-6-10-19(14-17)27-13-7-12-26-2/h4-6,8-11,14H,3,7,12-13,15-16H2,1-2H3,(H2,23,24,25). The highest BCUT2D eigenvalue weighted by atomic mass is 19.1. The molecule has 0 bridgehead atoms. The summed E-state index contributed by atoms with van der Waals surface area (Å²) in [7, 11) is 1.68. The van der Waals surface area contributed by atoms with E-state index in [4.69, 9.17) is 9.47 Å². The highest BCUT2D eigenvalue weighted by Crippen LogP contribution is 2.14. The lowest BCUT2D eigenvalue weighted by atomic mass is 10.2. The van der Waals surface area contributed by atoms with Crippen molar-refractivity contribution < 1.29 is 13.9 Å². The lowest BCUT2D eigenvalue weighted by Crippen LogP contribution is -2.37. The summed E-state index contributed by atoms with van der Waals surface area (Å²) in [6.45, 7) is 4.90. The van der Waals surface area contributed by atoms with Crippen LogP contribution in [0.4, 0.5) is 4.39 Å². The molecular formula is C21H28FN3O2. The van der Waals surface area contributed by atoms with Crippen molar-refractivity contribution in [2.24, 2.45) is 4.99 Å². The van der Waals surface area contributed by atoms with Crippen LogP contribution in [-0.4, -0.2) is 32.8 Å². The highest BCUT2D eigenvalue weighted by molar-refractivity contribution is 5.79. The smallest absolute Gasteiger partial charge is 0.191 e. The number of methoxy groups -OCH3 is 1. The third kappa shape index (κ3) is 7.66. The number of ether oxygens (including phenoxy) is 2. The summed E-state index contributed by atoms with van der Waals surface area (Å²) in [4.78, 5) is 4.58. The molecule has 0 saturated heterocycles. The van der Waals surface area contributed by atoms with Gasteiger partial charge in [0.2, 0.25) is 0 Å². The molecule has 146 valence electrons. The Kier molecular flexibility index (Phi) is 9.13. The first-order valence-electron chi connectivity index (χ1n) is 9.19. The van der Waals surface area contributed by atoms with Crippen LogP contribution >= 0.6 is 0 Å². The molecule has 0 saturated carbocycles. The van der Waals surface area contributed by atoms with Crippen molar-refractivity contribution in [1.82, 2.24) is 10.6 Å². The van der Waals surface area contributed by atoms with Crippen LogP contribution in [0.1, 0.15) is 24.5 Å². The Hall–Kier alpha value is -2.60. The Morgan fingerprint density at radius 3 is 2.70 bits per heavy atom. The lowest BCUT2D eigenvalue weighted by molar-refractivity contribution is 0.172. The number of benzene rings is 2. The Labute approximate surface area is 160 Å². The Morgan fingerprint density at radius 2 is 1.93 bits per heavy atom. The van der Waals surface area contributed by atoms with Gasteiger partial charge in [0, 0.05) is 38.8 Å². The van der Waals surface area contributed by atoms with E-state index < -0.39 is 0 Å². The first kappa shape index (κ1) is 20.7. The monoisotopic (exact) mass is 373 g/mol. The van der Waals surface area contributed by atoms with Crippen LogP contribution in [-0.2, 0) is 17.8 Å². The van der Waals surface area contributed by atoms with Crippen LogP contribution in [0.5, 0.6) is 5.75 Å². The van der Waals surface area contributed by atoms with E-state index in [1.165, 1.54) is 6.07 Å². The van der Waals surface area contributed by atoms with Crippen molar-refractivity contribution in [3.05, 3.63) is 65.5 Å². The molecule has 0 aromatic heterocycles. The Bertz CT molecular complexity index is 722. The van der Waals surface area contributed by atoms with E-state index in [1.807, 2.05) is 37.3 Å². The molecule has 0 radical (unpaired) electrons. The minimum Gasteiger partial charge on any atom is -0.493 e. The summed E-state index contributed by atoms with van der Waals surface area (Å²) < 4.78 is 24.5. The van der Waals surface area contributed by atoms with Crippen LogP contribution < -0.4 is 15.4 Å². The Balaban J connectivity index is 1.92. The number of nitrogens with zero attached hydrogens (tertiary/aromatic N) is 1. The molecular weight excluding hydrogens is 345 g/mol. The zero-order chi connectivity index (χ0) is 19.3. The number of guanidine groups is 1. The summed E-state index contributed by atoms with van der Waals surface area (Å²) in [6, 6.07) is 14.6. The highest BCUT2D eigenvalue weighted by Gasteiger charge is 2.03. The van der Waals surface area contributed by atoms with Crippen LogP contribution in [0, 0.1) is 5.82 Å². The third-order valence-electron chi connectivity index (χ3n) is 3.83. The van der Waals surface area contributed by atoms with Gasteiger partial charge in [-0.15, -0.1) is 0 Å². The van der Waals surface area contributed by atoms with Gasteiger partial charge in [0.1, 0.15) is 11.6 Å². The van der Waals surface area contributed by atoms with Gasteiger partial charge < -0.3 is 20.1 Å². The van der Waals surface area contributed by atoms with Crippen LogP contribution in [0.2, 0.25) is 0 Å². The molecule has 0 aliphatic heterocycles. The Morgan fingerprint density at radius 1 is 1.07 bits per heavy atom. The molecule has 0 aliphatic carbocycles. The summed E-state index contributed by atoms with van der Waals surface area (Å²) >= 11 is 0. The predicted octanol–water partition coefficient (Wildman–Crippen LogP) is 3.50. The molecule has 0 amide bonds. The predicted molar refractivity (Wildman–Crippen MR) is 106 cm³/mol. The van der Waals surface area contributed by atoms with Crippen molar-refractivity contribution in [1.29, 1.82) is 0 Å². The van der Waals surface area contributed by atoms with Gasteiger partial charge >= 0.3 is 0 Å². The largest absolute Gasteiger partial charge is 0.493 e. The first-order valence-corrected chi connectivity index (χ1v) is 9.19. The van der Waals surface area contributed by atoms with Crippen LogP contribution in [0.3, 0.4) is 0 Å². The van der Waals surface area contributed by atoms with E-state index in [9.17, 15) is 4.39 Å². The van der Waals surface area contributed by atoms with Gasteiger partial charge in [0.25, 0.3) is 0 Å². The normalized spacial score (nSPS) is 11.3. The lowest BCUT2D eigenvalue weighted by Gasteiger charge is -2.12. The van der Waals surface area contributed by atoms with Crippen molar-refractivity contribution in [2.45, 2.75) is 26.4 Å². The molecule has 0 aliphatic rings. The van der Waals surface area contributed by atoms with Crippen molar-refractivity contribution in [3.63, 3.8) is 0 Å². The number of hydrogen-bond acceptors (Lipinski definition) is 3. The molecule has 0 unspecified atom stereocenters.